The predicted octanol–water partition coefficient (Wildman–Crippen LogP) is 1.42. The second-order valence-corrected chi connectivity index (χ2v) is 5.22. The zero-order valence-electron chi connectivity index (χ0n) is 13.9. The van der Waals surface area contributed by atoms with E-state index in [0.29, 0.717) is 12.0 Å². The van der Waals surface area contributed by atoms with E-state index in [9.17, 15) is 14.4 Å². The summed E-state index contributed by atoms with van der Waals surface area (Å²) in [4.78, 5) is 35.4. The molecule has 1 aromatic carbocycles. The van der Waals surface area contributed by atoms with Gasteiger partial charge < -0.3 is 14.8 Å². The molecule has 0 radical (unpaired) electrons. The fraction of sp³-hybridized carbons (Fsp3) is 0.412. The van der Waals surface area contributed by atoms with E-state index in [4.69, 9.17) is 10.00 Å². The molecule has 1 N–H and O–H groups in total. The number of carbonyl (C=O) groups excluding carboxylic acids is 3. The Labute approximate surface area is 140 Å². The number of benzene rings is 1. The van der Waals surface area contributed by atoms with Gasteiger partial charge >= 0.3 is 11.9 Å². The number of ether oxygens (including phenoxy) is 2. The molecule has 0 spiro atoms. The molecule has 0 unspecified atom stereocenters. The monoisotopic (exact) mass is 332 g/mol. The molecule has 0 bridgehead atoms. The Hall–Kier alpha value is -2.88. The lowest BCUT2D eigenvalue weighted by Crippen LogP contribution is -2.47. The van der Waals surface area contributed by atoms with Crippen molar-refractivity contribution in [3.8, 4) is 6.07 Å². The summed E-state index contributed by atoms with van der Waals surface area (Å²) >= 11 is 0. The summed E-state index contributed by atoms with van der Waals surface area (Å²) < 4.78 is 9.57. The fourth-order valence-electron chi connectivity index (χ4n) is 1.91. The molecule has 1 rings (SSSR count). The summed E-state index contributed by atoms with van der Waals surface area (Å²) in [6.07, 6.45) is 0.672. The molecule has 0 saturated heterocycles. The number of rotatable bonds is 7. The van der Waals surface area contributed by atoms with Crippen LogP contribution in [-0.2, 0) is 19.1 Å². The van der Waals surface area contributed by atoms with Crippen LogP contribution in [0.1, 0.15) is 36.2 Å². The summed E-state index contributed by atoms with van der Waals surface area (Å²) in [5, 5.41) is 11.2. The van der Waals surface area contributed by atoms with E-state index in [1.165, 1.54) is 31.4 Å². The highest BCUT2D eigenvalue weighted by atomic mass is 16.5. The van der Waals surface area contributed by atoms with Gasteiger partial charge in [-0.1, -0.05) is 20.3 Å². The molecule has 1 amide bonds. The van der Waals surface area contributed by atoms with E-state index >= 15 is 0 Å². The Morgan fingerprint density at radius 3 is 2.38 bits per heavy atom. The molecule has 0 saturated carbocycles. The minimum Gasteiger partial charge on any atom is -0.467 e. The van der Waals surface area contributed by atoms with Gasteiger partial charge in [-0.25, -0.2) is 9.59 Å². The molecule has 0 aliphatic rings. The first-order chi connectivity index (χ1) is 11.4. The Morgan fingerprint density at radius 2 is 1.88 bits per heavy atom. The molecule has 7 nitrogen and oxygen atoms in total. The largest absolute Gasteiger partial charge is 0.467 e. The molecular formula is C17H20N2O5. The van der Waals surface area contributed by atoms with Crippen molar-refractivity contribution >= 4 is 17.8 Å². The highest BCUT2D eigenvalue weighted by molar-refractivity contribution is 5.92. The van der Waals surface area contributed by atoms with Crippen molar-refractivity contribution in [3.63, 3.8) is 0 Å². The summed E-state index contributed by atoms with van der Waals surface area (Å²) in [6, 6.07) is 6.98. The molecule has 128 valence electrons. The Balaban J connectivity index is 2.59. The molecule has 0 fully saturated rings. The van der Waals surface area contributed by atoms with Crippen molar-refractivity contribution in [2.24, 2.45) is 5.92 Å². The van der Waals surface area contributed by atoms with Gasteiger partial charge in [-0.2, -0.15) is 5.26 Å². The summed E-state index contributed by atoms with van der Waals surface area (Å²) in [5.74, 6) is -1.94. The number of hydrogen-bond donors (Lipinski definition) is 1. The van der Waals surface area contributed by atoms with Gasteiger partial charge in [0.05, 0.1) is 24.3 Å². The van der Waals surface area contributed by atoms with Crippen molar-refractivity contribution in [2.75, 3.05) is 13.7 Å². The Morgan fingerprint density at radius 1 is 1.25 bits per heavy atom. The molecule has 7 heteroatoms. The van der Waals surface area contributed by atoms with Crippen LogP contribution < -0.4 is 5.32 Å². The Bertz CT molecular complexity index is 633. The molecule has 24 heavy (non-hydrogen) atoms. The van der Waals surface area contributed by atoms with Crippen LogP contribution in [0.25, 0.3) is 0 Å². The first-order valence-corrected chi connectivity index (χ1v) is 7.47. The van der Waals surface area contributed by atoms with Crippen molar-refractivity contribution in [1.29, 1.82) is 5.26 Å². The van der Waals surface area contributed by atoms with Gasteiger partial charge in [-0.15, -0.1) is 0 Å². The van der Waals surface area contributed by atoms with E-state index in [1.807, 2.05) is 19.9 Å². The molecule has 2 atom stereocenters. The van der Waals surface area contributed by atoms with Crippen molar-refractivity contribution in [1.82, 2.24) is 5.32 Å². The highest BCUT2D eigenvalue weighted by Crippen LogP contribution is 2.09. The number of methoxy groups -OCH3 is 1. The van der Waals surface area contributed by atoms with E-state index in [0.717, 1.165) is 0 Å². The van der Waals surface area contributed by atoms with Gasteiger partial charge in [-0.3, -0.25) is 4.79 Å². The normalized spacial score (nSPS) is 12.4. The molecule has 0 aliphatic carbocycles. The summed E-state index contributed by atoms with van der Waals surface area (Å²) in [6.45, 7) is 3.19. The van der Waals surface area contributed by atoms with Gasteiger partial charge in [0.1, 0.15) is 6.04 Å². The second kappa shape index (κ2) is 9.30. The molecule has 0 aromatic heterocycles. The van der Waals surface area contributed by atoms with Gasteiger partial charge in [0.15, 0.2) is 6.61 Å². The van der Waals surface area contributed by atoms with Crippen LogP contribution in [0.4, 0.5) is 0 Å². The summed E-state index contributed by atoms with van der Waals surface area (Å²) in [5.41, 5.74) is 0.645. The van der Waals surface area contributed by atoms with Gasteiger partial charge in [0.25, 0.3) is 5.91 Å². The average Bonchev–Trinajstić information content (AvgIpc) is 2.62. The maximum absolute atomic E-state index is 11.9. The van der Waals surface area contributed by atoms with Crippen LogP contribution in [0.2, 0.25) is 0 Å². The van der Waals surface area contributed by atoms with Gasteiger partial charge in [-0.05, 0) is 30.2 Å². The third-order valence-corrected chi connectivity index (χ3v) is 3.57. The van der Waals surface area contributed by atoms with E-state index < -0.39 is 30.5 Å². The van der Waals surface area contributed by atoms with Crippen LogP contribution in [0.3, 0.4) is 0 Å². The maximum Gasteiger partial charge on any atom is 0.338 e. The SMILES string of the molecule is CC[C@H](C)[C@@H](NC(=O)COC(=O)c1ccc(C#N)cc1)C(=O)OC. The van der Waals surface area contributed by atoms with Crippen molar-refractivity contribution < 1.29 is 23.9 Å². The average molecular weight is 332 g/mol. The van der Waals surface area contributed by atoms with Gasteiger partial charge in [0.2, 0.25) is 0 Å². The van der Waals surface area contributed by atoms with Gasteiger partial charge in [0, 0.05) is 0 Å². The van der Waals surface area contributed by atoms with E-state index in [-0.39, 0.29) is 11.5 Å². The number of nitriles is 1. The van der Waals surface area contributed by atoms with Crippen LogP contribution in [-0.4, -0.2) is 37.6 Å². The topological polar surface area (TPSA) is 105 Å². The van der Waals surface area contributed by atoms with Crippen molar-refractivity contribution in [2.45, 2.75) is 26.3 Å². The highest BCUT2D eigenvalue weighted by Gasteiger charge is 2.27. The third-order valence-electron chi connectivity index (χ3n) is 3.57. The van der Waals surface area contributed by atoms with Crippen LogP contribution in [0, 0.1) is 17.2 Å². The first-order valence-electron chi connectivity index (χ1n) is 7.47. The zero-order chi connectivity index (χ0) is 18.1. The van der Waals surface area contributed by atoms with Crippen LogP contribution in [0.5, 0.6) is 0 Å². The Kier molecular flexibility index (Phi) is 7.43. The number of nitrogens with zero attached hydrogens (tertiary/aromatic N) is 1. The van der Waals surface area contributed by atoms with E-state index in [2.05, 4.69) is 10.1 Å². The maximum atomic E-state index is 11.9. The number of amides is 1. The summed E-state index contributed by atoms with van der Waals surface area (Å²) in [7, 11) is 1.24. The lowest BCUT2D eigenvalue weighted by molar-refractivity contribution is -0.147. The molecule has 1 aromatic rings. The minimum atomic E-state index is -0.791. The first kappa shape index (κ1) is 19.2. The quantitative estimate of drug-likeness (QED) is 0.757. The smallest absolute Gasteiger partial charge is 0.338 e. The second-order valence-electron chi connectivity index (χ2n) is 5.22. The van der Waals surface area contributed by atoms with E-state index in [1.54, 1.807) is 0 Å². The molecular weight excluding hydrogens is 312 g/mol. The standard InChI is InChI=1S/C17H20N2O5/c1-4-11(2)15(17(22)23-3)19-14(20)10-24-16(21)13-7-5-12(9-18)6-8-13/h5-8,11,15H,4,10H2,1-3H3,(H,19,20)/t11-,15+/m0/s1. The van der Waals surface area contributed by atoms with Crippen molar-refractivity contribution in [3.05, 3.63) is 35.4 Å². The minimum absolute atomic E-state index is 0.115. The molecule has 0 heterocycles. The fourth-order valence-corrected chi connectivity index (χ4v) is 1.91. The zero-order valence-corrected chi connectivity index (χ0v) is 13.9. The van der Waals surface area contributed by atoms with Crippen LogP contribution >= 0.6 is 0 Å². The lowest BCUT2D eigenvalue weighted by atomic mass is 9.99. The number of carbonyl (C=O) groups is 3. The van der Waals surface area contributed by atoms with Crippen LogP contribution in [0.15, 0.2) is 24.3 Å². The number of hydrogen-bond acceptors (Lipinski definition) is 6. The third kappa shape index (κ3) is 5.39. The lowest BCUT2D eigenvalue weighted by Gasteiger charge is -2.21. The number of esters is 2. The predicted molar refractivity (Wildman–Crippen MR) is 84.8 cm³/mol. The molecule has 0 aliphatic heterocycles. The number of nitrogens with one attached hydrogen (secondary N) is 1.